The summed E-state index contributed by atoms with van der Waals surface area (Å²) >= 11 is 0. The summed E-state index contributed by atoms with van der Waals surface area (Å²) in [5.41, 5.74) is 5.95. The number of ether oxygens (including phenoxy) is 1. The molecule has 1 aromatic heterocycles. The Kier molecular flexibility index (Phi) is 3.41. The highest BCUT2D eigenvalue weighted by molar-refractivity contribution is 5.70. The van der Waals surface area contributed by atoms with Gasteiger partial charge < -0.3 is 15.6 Å². The van der Waals surface area contributed by atoms with Crippen molar-refractivity contribution in [1.82, 2.24) is 4.98 Å². The third kappa shape index (κ3) is 2.43. The average molecular weight is 196 g/mol. The molecule has 0 aliphatic heterocycles. The summed E-state index contributed by atoms with van der Waals surface area (Å²) in [5, 5.41) is 9.37. The van der Waals surface area contributed by atoms with Crippen LogP contribution in [0.15, 0.2) is 18.3 Å². The van der Waals surface area contributed by atoms with E-state index < -0.39 is 12.0 Å². The summed E-state index contributed by atoms with van der Waals surface area (Å²) in [5.74, 6) is -0.438. The van der Waals surface area contributed by atoms with Crippen molar-refractivity contribution in [3.63, 3.8) is 0 Å². The van der Waals surface area contributed by atoms with Gasteiger partial charge in [-0.05, 0) is 12.1 Å². The molecular weight excluding hydrogens is 184 g/mol. The van der Waals surface area contributed by atoms with E-state index in [9.17, 15) is 9.90 Å². The van der Waals surface area contributed by atoms with Crippen molar-refractivity contribution >= 4 is 5.97 Å². The number of methoxy groups -OCH3 is 1. The minimum Gasteiger partial charge on any atom is -0.506 e. The maximum Gasteiger partial charge on any atom is 0.307 e. The number of rotatable bonds is 3. The highest BCUT2D eigenvalue weighted by atomic mass is 16.5. The topological polar surface area (TPSA) is 85.4 Å². The number of aromatic nitrogens is 1. The fraction of sp³-hybridized carbons (Fsp3) is 0.333. The standard InChI is InChI=1S/C9H12N2O3/c1-14-8(13)5-6(10)9-7(12)3-2-4-11-9/h2-4,6,12H,5,10H2,1H3/t6-/m1/s1. The zero-order valence-corrected chi connectivity index (χ0v) is 7.80. The number of nitrogens with zero attached hydrogens (tertiary/aromatic N) is 1. The molecule has 0 bridgehead atoms. The molecule has 0 aliphatic rings. The molecule has 0 fully saturated rings. The highest BCUT2D eigenvalue weighted by Gasteiger charge is 2.15. The molecule has 1 atom stereocenters. The van der Waals surface area contributed by atoms with Crippen LogP contribution in [0.25, 0.3) is 0 Å². The van der Waals surface area contributed by atoms with Gasteiger partial charge in [-0.2, -0.15) is 0 Å². The Morgan fingerprint density at radius 1 is 1.79 bits per heavy atom. The second-order valence-electron chi connectivity index (χ2n) is 2.79. The van der Waals surface area contributed by atoms with Crippen LogP contribution in [0, 0.1) is 0 Å². The van der Waals surface area contributed by atoms with Gasteiger partial charge in [0.1, 0.15) is 5.75 Å². The summed E-state index contributed by atoms with van der Waals surface area (Å²) in [7, 11) is 1.29. The Labute approximate surface area is 81.5 Å². The van der Waals surface area contributed by atoms with Crippen LogP contribution in [0.4, 0.5) is 0 Å². The third-order valence-corrected chi connectivity index (χ3v) is 1.78. The van der Waals surface area contributed by atoms with Crippen molar-refractivity contribution < 1.29 is 14.6 Å². The van der Waals surface area contributed by atoms with Crippen LogP contribution in [0.2, 0.25) is 0 Å². The van der Waals surface area contributed by atoms with Crippen molar-refractivity contribution in [2.75, 3.05) is 7.11 Å². The predicted molar refractivity (Wildman–Crippen MR) is 49.5 cm³/mol. The van der Waals surface area contributed by atoms with Gasteiger partial charge in [0.15, 0.2) is 0 Å². The summed E-state index contributed by atoms with van der Waals surface area (Å²) in [6.07, 6.45) is 1.51. The van der Waals surface area contributed by atoms with E-state index in [1.54, 1.807) is 6.07 Å². The first-order chi connectivity index (χ1) is 6.65. The van der Waals surface area contributed by atoms with Crippen LogP contribution in [-0.4, -0.2) is 23.2 Å². The molecule has 0 amide bonds. The Bertz CT molecular complexity index is 328. The maximum absolute atomic E-state index is 10.9. The Morgan fingerprint density at radius 2 is 2.50 bits per heavy atom. The molecule has 76 valence electrons. The molecule has 0 unspecified atom stereocenters. The van der Waals surface area contributed by atoms with Gasteiger partial charge in [-0.15, -0.1) is 0 Å². The number of carbonyl (C=O) groups excluding carboxylic acids is 1. The summed E-state index contributed by atoms with van der Waals surface area (Å²) in [4.78, 5) is 14.8. The van der Waals surface area contributed by atoms with Crippen molar-refractivity contribution in [2.45, 2.75) is 12.5 Å². The van der Waals surface area contributed by atoms with Crippen molar-refractivity contribution in [3.05, 3.63) is 24.0 Å². The molecule has 1 heterocycles. The van der Waals surface area contributed by atoms with E-state index in [1.165, 1.54) is 19.4 Å². The second kappa shape index (κ2) is 4.57. The molecule has 1 aromatic rings. The molecule has 5 heteroatoms. The number of esters is 1. The monoisotopic (exact) mass is 196 g/mol. The van der Waals surface area contributed by atoms with Gasteiger partial charge >= 0.3 is 5.97 Å². The molecule has 1 rings (SSSR count). The lowest BCUT2D eigenvalue weighted by atomic mass is 10.1. The average Bonchev–Trinajstić information content (AvgIpc) is 2.18. The molecule has 3 N–H and O–H groups in total. The summed E-state index contributed by atoms with van der Waals surface area (Å²) in [6.45, 7) is 0. The number of aromatic hydroxyl groups is 1. The molecular formula is C9H12N2O3. The highest BCUT2D eigenvalue weighted by Crippen LogP contribution is 2.21. The molecule has 0 saturated carbocycles. The normalized spacial score (nSPS) is 12.1. The van der Waals surface area contributed by atoms with E-state index >= 15 is 0 Å². The fourth-order valence-electron chi connectivity index (χ4n) is 1.05. The second-order valence-corrected chi connectivity index (χ2v) is 2.79. The van der Waals surface area contributed by atoms with Crippen LogP contribution in [0.3, 0.4) is 0 Å². The van der Waals surface area contributed by atoms with E-state index in [0.717, 1.165) is 0 Å². The van der Waals surface area contributed by atoms with E-state index in [-0.39, 0.29) is 12.2 Å². The van der Waals surface area contributed by atoms with Gasteiger partial charge in [0.25, 0.3) is 0 Å². The molecule has 0 radical (unpaired) electrons. The number of hydrogen-bond acceptors (Lipinski definition) is 5. The quantitative estimate of drug-likeness (QED) is 0.681. The van der Waals surface area contributed by atoms with E-state index in [0.29, 0.717) is 5.69 Å². The van der Waals surface area contributed by atoms with Crippen LogP contribution in [0.5, 0.6) is 5.75 Å². The maximum atomic E-state index is 10.9. The van der Waals surface area contributed by atoms with E-state index in [4.69, 9.17) is 5.73 Å². The largest absolute Gasteiger partial charge is 0.506 e. The van der Waals surface area contributed by atoms with Crippen LogP contribution in [-0.2, 0) is 9.53 Å². The van der Waals surface area contributed by atoms with Crippen molar-refractivity contribution in [3.8, 4) is 5.75 Å². The third-order valence-electron chi connectivity index (χ3n) is 1.78. The molecule has 5 nitrogen and oxygen atoms in total. The van der Waals surface area contributed by atoms with Crippen LogP contribution < -0.4 is 5.73 Å². The van der Waals surface area contributed by atoms with Gasteiger partial charge in [-0.1, -0.05) is 0 Å². The van der Waals surface area contributed by atoms with Crippen LogP contribution >= 0.6 is 0 Å². The molecule has 0 saturated heterocycles. The van der Waals surface area contributed by atoms with Crippen LogP contribution in [0.1, 0.15) is 18.2 Å². The van der Waals surface area contributed by atoms with Gasteiger partial charge in [0.2, 0.25) is 0 Å². The van der Waals surface area contributed by atoms with E-state index in [2.05, 4.69) is 9.72 Å². The zero-order chi connectivity index (χ0) is 10.6. The number of nitrogens with two attached hydrogens (primary N) is 1. The molecule has 0 aromatic carbocycles. The molecule has 0 spiro atoms. The predicted octanol–water partition coefficient (Wildman–Crippen LogP) is 0.350. The molecule has 0 aliphatic carbocycles. The fourth-order valence-corrected chi connectivity index (χ4v) is 1.05. The minimum atomic E-state index is -0.636. The van der Waals surface area contributed by atoms with Gasteiger partial charge in [-0.25, -0.2) is 0 Å². The molecule has 14 heavy (non-hydrogen) atoms. The number of carbonyl (C=O) groups is 1. The number of hydrogen-bond donors (Lipinski definition) is 2. The first-order valence-electron chi connectivity index (χ1n) is 4.11. The summed E-state index contributed by atoms with van der Waals surface area (Å²) < 4.78 is 4.45. The first kappa shape index (κ1) is 10.5. The van der Waals surface area contributed by atoms with E-state index in [1.807, 2.05) is 0 Å². The number of pyridine rings is 1. The lowest BCUT2D eigenvalue weighted by Gasteiger charge is -2.10. The Balaban J connectivity index is 2.74. The first-order valence-corrected chi connectivity index (χ1v) is 4.11. The van der Waals surface area contributed by atoms with Gasteiger partial charge in [0, 0.05) is 6.20 Å². The minimum absolute atomic E-state index is 0.00106. The lowest BCUT2D eigenvalue weighted by Crippen LogP contribution is -2.17. The van der Waals surface area contributed by atoms with Crippen molar-refractivity contribution in [1.29, 1.82) is 0 Å². The Hall–Kier alpha value is -1.62. The van der Waals surface area contributed by atoms with Gasteiger partial charge in [0.05, 0.1) is 25.3 Å². The van der Waals surface area contributed by atoms with Crippen molar-refractivity contribution in [2.24, 2.45) is 5.73 Å². The zero-order valence-electron chi connectivity index (χ0n) is 7.80. The SMILES string of the molecule is COC(=O)C[C@@H](N)c1ncccc1O. The Morgan fingerprint density at radius 3 is 3.07 bits per heavy atom. The van der Waals surface area contributed by atoms with Gasteiger partial charge in [-0.3, -0.25) is 9.78 Å². The lowest BCUT2D eigenvalue weighted by molar-refractivity contribution is -0.141. The summed E-state index contributed by atoms with van der Waals surface area (Å²) in [6, 6.07) is 2.42. The smallest absolute Gasteiger partial charge is 0.307 e.